The van der Waals surface area contributed by atoms with E-state index >= 15 is 0 Å². The lowest BCUT2D eigenvalue weighted by molar-refractivity contribution is 0.0335. The van der Waals surface area contributed by atoms with Crippen LogP contribution in [0.4, 0.5) is 4.79 Å². The Labute approximate surface area is 209 Å². The van der Waals surface area contributed by atoms with E-state index in [4.69, 9.17) is 14.9 Å². The molecule has 1 aromatic heterocycles. The van der Waals surface area contributed by atoms with Gasteiger partial charge in [-0.15, -0.1) is 12.4 Å². The Morgan fingerprint density at radius 1 is 1.14 bits per heavy atom. The molecule has 9 nitrogen and oxygen atoms in total. The molecule has 4 N–H and O–H groups in total. The van der Waals surface area contributed by atoms with Crippen LogP contribution in [0.1, 0.15) is 24.0 Å². The molecule has 4 rings (SSSR count). The number of carbonyl (C=O) groups is 1. The number of para-hydroxylation sites is 1. The highest BCUT2D eigenvalue weighted by Crippen LogP contribution is 2.39. The van der Waals surface area contributed by atoms with Crippen LogP contribution in [0.5, 0.6) is 5.75 Å². The summed E-state index contributed by atoms with van der Waals surface area (Å²) >= 11 is 0. The van der Waals surface area contributed by atoms with E-state index in [1.165, 1.54) is 0 Å². The van der Waals surface area contributed by atoms with Crippen LogP contribution in [0.3, 0.4) is 0 Å². The standard InChI is InChI=1S/C25H28N4O5.ClH/c1-16(27-28-25(26)32)19(15-29-11-13-33-14-12-29)21(17-7-3-2-4-8-17)22-23(30)18-9-5-6-10-20(18)34-24(22)31;/h2-10,19,21,30H,11-15H2,1H3,(H3,26,28,32);1H/b27-16-;. The van der Waals surface area contributed by atoms with Gasteiger partial charge in [0.05, 0.1) is 24.2 Å². The maximum atomic E-state index is 13.3. The van der Waals surface area contributed by atoms with Crippen molar-refractivity contribution in [2.75, 3.05) is 32.8 Å². The lowest BCUT2D eigenvalue weighted by Crippen LogP contribution is -2.43. The summed E-state index contributed by atoms with van der Waals surface area (Å²) in [5.41, 5.74) is 8.76. The lowest BCUT2D eigenvalue weighted by Gasteiger charge is -2.34. The molecule has 3 aromatic rings. The minimum Gasteiger partial charge on any atom is -0.507 e. The molecule has 0 spiro atoms. The van der Waals surface area contributed by atoms with Crippen LogP contribution < -0.4 is 16.8 Å². The highest BCUT2D eigenvalue weighted by molar-refractivity contribution is 5.89. The second-order valence-electron chi connectivity index (χ2n) is 8.29. The number of hydrazone groups is 1. The van der Waals surface area contributed by atoms with E-state index in [0.717, 1.165) is 5.56 Å². The average Bonchev–Trinajstić information content (AvgIpc) is 2.85. The molecule has 0 radical (unpaired) electrons. The summed E-state index contributed by atoms with van der Waals surface area (Å²) in [7, 11) is 0. The fourth-order valence-electron chi connectivity index (χ4n) is 4.45. The second-order valence-corrected chi connectivity index (χ2v) is 8.29. The average molecular weight is 501 g/mol. The smallest absolute Gasteiger partial charge is 0.343 e. The molecule has 2 atom stereocenters. The first-order valence-corrected chi connectivity index (χ1v) is 11.1. The SMILES string of the molecule is C/C(=N/NC(N)=O)C(CN1CCOCC1)C(c1ccccc1)c1c(O)c2ccccc2oc1=O.Cl. The van der Waals surface area contributed by atoms with Gasteiger partial charge in [-0.2, -0.15) is 5.10 Å². The largest absolute Gasteiger partial charge is 0.507 e. The Balaban J connectivity index is 0.00000342. The summed E-state index contributed by atoms with van der Waals surface area (Å²) in [6, 6.07) is 15.5. The molecule has 0 saturated carbocycles. The molecule has 10 heteroatoms. The van der Waals surface area contributed by atoms with Gasteiger partial charge in [0.2, 0.25) is 0 Å². The van der Waals surface area contributed by atoms with Gasteiger partial charge in [-0.1, -0.05) is 42.5 Å². The van der Waals surface area contributed by atoms with Gasteiger partial charge in [-0.25, -0.2) is 15.0 Å². The molecular formula is C25H29ClN4O5. The number of aromatic hydroxyl groups is 1. The number of hydrogen-bond donors (Lipinski definition) is 3. The van der Waals surface area contributed by atoms with Crippen molar-refractivity contribution in [3.8, 4) is 5.75 Å². The molecule has 35 heavy (non-hydrogen) atoms. The number of nitrogens with zero attached hydrogens (tertiary/aromatic N) is 2. The number of morpholine rings is 1. The molecule has 1 aliphatic heterocycles. The molecule has 2 unspecified atom stereocenters. The van der Waals surface area contributed by atoms with Gasteiger partial charge in [0, 0.05) is 37.2 Å². The normalized spacial score (nSPS) is 16.3. The highest BCUT2D eigenvalue weighted by atomic mass is 35.5. The monoisotopic (exact) mass is 500 g/mol. The minimum absolute atomic E-state index is 0. The van der Waals surface area contributed by atoms with Gasteiger partial charge in [-0.05, 0) is 24.6 Å². The number of urea groups is 1. The summed E-state index contributed by atoms with van der Waals surface area (Å²) < 4.78 is 11.1. The number of primary amides is 1. The molecule has 186 valence electrons. The molecule has 2 amide bonds. The zero-order valence-electron chi connectivity index (χ0n) is 19.3. The number of hydrogen-bond acceptors (Lipinski definition) is 7. The number of ether oxygens (including phenoxy) is 1. The number of carbonyl (C=O) groups excluding carboxylic acids is 1. The van der Waals surface area contributed by atoms with Crippen LogP contribution in [-0.2, 0) is 4.74 Å². The zero-order valence-corrected chi connectivity index (χ0v) is 20.2. The van der Waals surface area contributed by atoms with Crippen molar-refractivity contribution < 1.29 is 19.1 Å². The third-order valence-electron chi connectivity index (χ3n) is 6.13. The quantitative estimate of drug-likeness (QED) is 0.259. The first-order valence-electron chi connectivity index (χ1n) is 11.1. The van der Waals surface area contributed by atoms with E-state index in [1.807, 2.05) is 30.3 Å². The van der Waals surface area contributed by atoms with Gasteiger partial charge in [0.1, 0.15) is 11.3 Å². The summed E-state index contributed by atoms with van der Waals surface area (Å²) in [6.45, 7) is 4.92. The number of halogens is 1. The maximum Gasteiger partial charge on any atom is 0.343 e. The third kappa shape index (κ3) is 6.00. The van der Waals surface area contributed by atoms with Crippen molar-refractivity contribution >= 4 is 35.1 Å². The number of nitrogens with two attached hydrogens (primary N) is 1. The number of rotatable bonds is 7. The first-order chi connectivity index (χ1) is 16.5. The molecule has 0 bridgehead atoms. The van der Waals surface area contributed by atoms with Crippen molar-refractivity contribution in [3.05, 3.63) is 76.1 Å². The first kappa shape index (κ1) is 26.2. The minimum atomic E-state index is -0.784. The molecular weight excluding hydrogens is 472 g/mol. The maximum absolute atomic E-state index is 13.3. The fraction of sp³-hybridized carbons (Fsp3) is 0.320. The van der Waals surface area contributed by atoms with Crippen LogP contribution in [0.2, 0.25) is 0 Å². The molecule has 1 fully saturated rings. The fourth-order valence-corrected chi connectivity index (χ4v) is 4.45. The Morgan fingerprint density at radius 2 is 1.80 bits per heavy atom. The number of amides is 2. The molecule has 0 aliphatic carbocycles. The Kier molecular flexibility index (Phi) is 8.86. The predicted octanol–water partition coefficient (Wildman–Crippen LogP) is 3.04. The summed E-state index contributed by atoms with van der Waals surface area (Å²) in [4.78, 5) is 26.8. The molecule has 2 aromatic carbocycles. The number of nitrogens with one attached hydrogen (secondary N) is 1. The van der Waals surface area contributed by atoms with Gasteiger partial charge >= 0.3 is 11.7 Å². The van der Waals surface area contributed by atoms with Crippen molar-refractivity contribution in [3.63, 3.8) is 0 Å². The predicted molar refractivity (Wildman–Crippen MR) is 136 cm³/mol. The lowest BCUT2D eigenvalue weighted by atomic mass is 9.78. The van der Waals surface area contributed by atoms with Crippen molar-refractivity contribution in [2.24, 2.45) is 16.8 Å². The highest BCUT2D eigenvalue weighted by Gasteiger charge is 2.35. The Morgan fingerprint density at radius 3 is 2.49 bits per heavy atom. The van der Waals surface area contributed by atoms with E-state index in [2.05, 4.69) is 15.4 Å². The van der Waals surface area contributed by atoms with Crippen LogP contribution in [0, 0.1) is 5.92 Å². The Hall–Kier alpha value is -3.40. The zero-order chi connectivity index (χ0) is 24.1. The molecule has 1 aliphatic rings. The van der Waals surface area contributed by atoms with Crippen LogP contribution in [0.25, 0.3) is 11.0 Å². The van der Waals surface area contributed by atoms with Crippen LogP contribution in [0.15, 0.2) is 68.9 Å². The van der Waals surface area contributed by atoms with E-state index in [1.54, 1.807) is 31.2 Å². The van der Waals surface area contributed by atoms with E-state index in [9.17, 15) is 14.7 Å². The molecule has 1 saturated heterocycles. The van der Waals surface area contributed by atoms with E-state index < -0.39 is 17.6 Å². The third-order valence-corrected chi connectivity index (χ3v) is 6.13. The van der Waals surface area contributed by atoms with Crippen molar-refractivity contribution in [1.29, 1.82) is 0 Å². The van der Waals surface area contributed by atoms with Gasteiger partial charge < -0.3 is 20.0 Å². The van der Waals surface area contributed by atoms with Crippen LogP contribution in [-0.4, -0.2) is 54.6 Å². The Bertz CT molecular complexity index is 1240. The van der Waals surface area contributed by atoms with Crippen LogP contribution >= 0.6 is 12.4 Å². The van der Waals surface area contributed by atoms with Gasteiger partial charge in [0.25, 0.3) is 0 Å². The summed E-state index contributed by atoms with van der Waals surface area (Å²) in [5, 5.41) is 15.9. The van der Waals surface area contributed by atoms with Gasteiger partial charge in [0.15, 0.2) is 0 Å². The summed E-state index contributed by atoms with van der Waals surface area (Å²) in [5.74, 6) is -1.10. The second kappa shape index (κ2) is 11.8. The van der Waals surface area contributed by atoms with E-state index in [0.29, 0.717) is 49.5 Å². The van der Waals surface area contributed by atoms with E-state index in [-0.39, 0.29) is 29.6 Å². The van der Waals surface area contributed by atoms with Crippen molar-refractivity contribution in [1.82, 2.24) is 10.3 Å². The number of fused-ring (bicyclic) bond motifs is 1. The molecule has 2 heterocycles. The summed E-state index contributed by atoms with van der Waals surface area (Å²) in [6.07, 6.45) is 0. The van der Waals surface area contributed by atoms with Gasteiger partial charge in [-0.3, -0.25) is 4.90 Å². The van der Waals surface area contributed by atoms with Crippen molar-refractivity contribution in [2.45, 2.75) is 12.8 Å². The topological polar surface area (TPSA) is 130 Å². The number of benzene rings is 2.